The van der Waals surface area contributed by atoms with Gasteiger partial charge in [-0.05, 0) is 13.3 Å². The lowest BCUT2D eigenvalue weighted by atomic mass is 10.2. The molecule has 0 saturated carbocycles. The fourth-order valence-electron chi connectivity index (χ4n) is 1.83. The van der Waals surface area contributed by atoms with Crippen LogP contribution in [0.1, 0.15) is 38.1 Å². The molecule has 1 heterocycles. The van der Waals surface area contributed by atoms with Gasteiger partial charge in [-0.15, -0.1) is 0 Å². The molecule has 3 N–H and O–H groups in total. The molecule has 0 aromatic carbocycles. The summed E-state index contributed by atoms with van der Waals surface area (Å²) in [7, 11) is 0. The molecule has 1 rings (SSSR count). The molecular weight excluding hydrogens is 228 g/mol. The van der Waals surface area contributed by atoms with E-state index in [4.69, 9.17) is 10.8 Å². The largest absolute Gasteiger partial charge is 0.395 e. The zero-order chi connectivity index (χ0) is 13.5. The Balaban J connectivity index is 3.04. The van der Waals surface area contributed by atoms with Gasteiger partial charge in [0.2, 0.25) is 0 Å². The molecule has 0 amide bonds. The van der Waals surface area contributed by atoms with Crippen LogP contribution in [0.2, 0.25) is 0 Å². The second-order valence-electron chi connectivity index (χ2n) is 4.39. The van der Waals surface area contributed by atoms with Gasteiger partial charge >= 0.3 is 0 Å². The van der Waals surface area contributed by atoms with Crippen molar-refractivity contribution in [2.75, 3.05) is 30.3 Å². The van der Waals surface area contributed by atoms with Gasteiger partial charge in [0.1, 0.15) is 17.5 Å². The molecule has 0 radical (unpaired) electrons. The smallest absolute Gasteiger partial charge is 0.137 e. The number of hydrogen-bond acceptors (Lipinski definition) is 5. The first-order valence-corrected chi connectivity index (χ1v) is 6.62. The molecule has 0 bridgehead atoms. The van der Waals surface area contributed by atoms with Crippen LogP contribution < -0.4 is 10.6 Å². The maximum absolute atomic E-state index is 9.17. The van der Waals surface area contributed by atoms with Gasteiger partial charge < -0.3 is 15.7 Å². The number of hydrogen-bond donors (Lipinski definition) is 2. The first kappa shape index (κ1) is 14.7. The van der Waals surface area contributed by atoms with Gasteiger partial charge in [-0.3, -0.25) is 0 Å². The van der Waals surface area contributed by atoms with E-state index in [1.165, 1.54) is 0 Å². The maximum Gasteiger partial charge on any atom is 0.137 e. The number of nitrogen functional groups attached to an aromatic ring is 1. The number of unbranched alkanes of at least 4 members (excludes halogenated alkanes) is 1. The third-order valence-corrected chi connectivity index (χ3v) is 2.97. The summed E-state index contributed by atoms with van der Waals surface area (Å²) < 4.78 is 0. The Morgan fingerprint density at radius 2 is 1.94 bits per heavy atom. The van der Waals surface area contributed by atoms with Gasteiger partial charge in [0, 0.05) is 25.1 Å². The predicted molar refractivity (Wildman–Crippen MR) is 74.8 cm³/mol. The Morgan fingerprint density at radius 1 is 1.22 bits per heavy atom. The minimum Gasteiger partial charge on any atom is -0.395 e. The monoisotopic (exact) mass is 252 g/mol. The van der Waals surface area contributed by atoms with Crippen molar-refractivity contribution in [3.8, 4) is 0 Å². The van der Waals surface area contributed by atoms with E-state index in [-0.39, 0.29) is 6.61 Å². The first-order chi connectivity index (χ1) is 8.63. The Bertz CT molecular complexity index is 381. The number of anilines is 2. The van der Waals surface area contributed by atoms with Crippen molar-refractivity contribution in [1.82, 2.24) is 9.97 Å². The molecule has 1 aromatic heterocycles. The molecule has 0 spiro atoms. The fraction of sp³-hybridized carbons (Fsp3) is 0.692. The van der Waals surface area contributed by atoms with Crippen molar-refractivity contribution < 1.29 is 5.11 Å². The summed E-state index contributed by atoms with van der Waals surface area (Å²) in [5, 5.41) is 9.17. The minimum absolute atomic E-state index is 0.120. The number of aliphatic hydroxyl groups excluding tert-OH is 1. The second kappa shape index (κ2) is 7.16. The number of aromatic nitrogens is 2. The number of aliphatic hydroxyl groups is 1. The van der Waals surface area contributed by atoms with Crippen LogP contribution in [0.3, 0.4) is 0 Å². The number of aryl methyl sites for hydroxylation is 1. The van der Waals surface area contributed by atoms with Gasteiger partial charge in [-0.1, -0.05) is 20.3 Å². The standard InChI is InChI=1S/C13H24N4O/c1-4-6-7-17(8-9-18)13-10(3)12(14)15-11(5-2)16-13/h18H,4-9H2,1-3H3,(H2,14,15,16). The maximum atomic E-state index is 9.17. The first-order valence-electron chi connectivity index (χ1n) is 6.62. The Kier molecular flexibility index (Phi) is 5.85. The highest BCUT2D eigenvalue weighted by atomic mass is 16.3. The lowest BCUT2D eigenvalue weighted by molar-refractivity contribution is 0.301. The predicted octanol–water partition coefficient (Wildman–Crippen LogP) is 1.53. The van der Waals surface area contributed by atoms with Crippen molar-refractivity contribution in [3.63, 3.8) is 0 Å². The van der Waals surface area contributed by atoms with Crippen LogP contribution in [0.5, 0.6) is 0 Å². The number of rotatable bonds is 7. The van der Waals surface area contributed by atoms with Crippen molar-refractivity contribution in [2.24, 2.45) is 0 Å². The summed E-state index contributed by atoms with van der Waals surface area (Å²) in [6.45, 7) is 7.68. The van der Waals surface area contributed by atoms with Gasteiger partial charge in [-0.2, -0.15) is 0 Å². The summed E-state index contributed by atoms with van der Waals surface area (Å²) >= 11 is 0. The molecule has 1 aromatic rings. The lowest BCUT2D eigenvalue weighted by Crippen LogP contribution is -2.30. The molecular formula is C13H24N4O. The van der Waals surface area contributed by atoms with Gasteiger partial charge in [-0.25, -0.2) is 9.97 Å². The zero-order valence-electron chi connectivity index (χ0n) is 11.6. The molecule has 102 valence electrons. The molecule has 0 aliphatic heterocycles. The Hall–Kier alpha value is -1.36. The van der Waals surface area contributed by atoms with Crippen molar-refractivity contribution in [1.29, 1.82) is 0 Å². The molecule has 0 fully saturated rings. The SMILES string of the molecule is CCCCN(CCO)c1nc(CC)nc(N)c1C. The van der Waals surface area contributed by atoms with E-state index >= 15 is 0 Å². The molecule has 0 aliphatic rings. The molecule has 0 saturated heterocycles. The summed E-state index contributed by atoms with van der Waals surface area (Å²) in [5.41, 5.74) is 6.82. The van der Waals surface area contributed by atoms with Crippen LogP contribution in [-0.2, 0) is 6.42 Å². The minimum atomic E-state index is 0.120. The van der Waals surface area contributed by atoms with Crippen LogP contribution in [0, 0.1) is 6.92 Å². The van der Waals surface area contributed by atoms with E-state index in [0.29, 0.717) is 12.4 Å². The van der Waals surface area contributed by atoms with E-state index in [0.717, 1.165) is 43.0 Å². The average molecular weight is 252 g/mol. The molecule has 0 aliphatic carbocycles. The summed E-state index contributed by atoms with van der Waals surface area (Å²) in [6.07, 6.45) is 2.95. The molecule has 5 nitrogen and oxygen atoms in total. The molecule has 0 unspecified atom stereocenters. The highest BCUT2D eigenvalue weighted by molar-refractivity contribution is 5.56. The third-order valence-electron chi connectivity index (χ3n) is 2.97. The van der Waals surface area contributed by atoms with Crippen LogP contribution in [0.15, 0.2) is 0 Å². The number of nitrogens with two attached hydrogens (primary N) is 1. The zero-order valence-corrected chi connectivity index (χ0v) is 11.6. The van der Waals surface area contributed by atoms with E-state index in [1.54, 1.807) is 0 Å². The van der Waals surface area contributed by atoms with E-state index in [1.807, 2.05) is 13.8 Å². The summed E-state index contributed by atoms with van der Waals surface area (Å²) in [6, 6.07) is 0. The van der Waals surface area contributed by atoms with E-state index in [9.17, 15) is 0 Å². The fourth-order valence-corrected chi connectivity index (χ4v) is 1.83. The van der Waals surface area contributed by atoms with E-state index in [2.05, 4.69) is 21.8 Å². The Morgan fingerprint density at radius 3 is 2.50 bits per heavy atom. The van der Waals surface area contributed by atoms with E-state index < -0.39 is 0 Å². The quantitative estimate of drug-likeness (QED) is 0.769. The van der Waals surface area contributed by atoms with Gasteiger partial charge in [0.05, 0.1) is 6.61 Å². The molecule has 0 atom stereocenters. The molecule has 5 heteroatoms. The normalized spacial score (nSPS) is 10.7. The van der Waals surface area contributed by atoms with Crippen molar-refractivity contribution >= 4 is 11.6 Å². The third kappa shape index (κ3) is 3.57. The Labute approximate surface area is 109 Å². The van der Waals surface area contributed by atoms with Crippen LogP contribution >= 0.6 is 0 Å². The van der Waals surface area contributed by atoms with Crippen LogP contribution in [-0.4, -0.2) is 34.8 Å². The second-order valence-corrected chi connectivity index (χ2v) is 4.39. The van der Waals surface area contributed by atoms with Crippen molar-refractivity contribution in [3.05, 3.63) is 11.4 Å². The van der Waals surface area contributed by atoms with Crippen molar-refractivity contribution in [2.45, 2.75) is 40.0 Å². The average Bonchev–Trinajstić information content (AvgIpc) is 2.37. The topological polar surface area (TPSA) is 75.3 Å². The van der Waals surface area contributed by atoms with Crippen LogP contribution in [0.25, 0.3) is 0 Å². The highest BCUT2D eigenvalue weighted by Crippen LogP contribution is 2.22. The summed E-state index contributed by atoms with van der Waals surface area (Å²) in [4.78, 5) is 10.9. The summed E-state index contributed by atoms with van der Waals surface area (Å²) in [5.74, 6) is 2.16. The van der Waals surface area contributed by atoms with Gasteiger partial charge in [0.15, 0.2) is 0 Å². The lowest BCUT2D eigenvalue weighted by Gasteiger charge is -2.25. The van der Waals surface area contributed by atoms with Crippen LogP contribution in [0.4, 0.5) is 11.6 Å². The number of nitrogens with zero attached hydrogens (tertiary/aromatic N) is 3. The molecule has 18 heavy (non-hydrogen) atoms. The van der Waals surface area contributed by atoms with Gasteiger partial charge in [0.25, 0.3) is 0 Å². The highest BCUT2D eigenvalue weighted by Gasteiger charge is 2.14.